The Kier molecular flexibility index (Phi) is 6.25. The molecule has 4 nitrogen and oxygen atoms in total. The van der Waals surface area contributed by atoms with Crippen LogP contribution in [0.3, 0.4) is 0 Å². The fourth-order valence-electron chi connectivity index (χ4n) is 1.63. The first kappa shape index (κ1) is 15.9. The fourth-order valence-corrected chi connectivity index (χ4v) is 1.63. The van der Waals surface area contributed by atoms with Crippen LogP contribution in [0.2, 0.25) is 0 Å². The third-order valence-electron chi connectivity index (χ3n) is 2.56. The minimum Gasteiger partial charge on any atom is -0.478 e. The van der Waals surface area contributed by atoms with Gasteiger partial charge in [0.1, 0.15) is 0 Å². The van der Waals surface area contributed by atoms with Crippen molar-refractivity contribution in [2.45, 2.75) is 46.2 Å². The molecule has 0 aliphatic heterocycles. The summed E-state index contributed by atoms with van der Waals surface area (Å²) in [6, 6.07) is 4.08. The molecule has 0 spiro atoms. The molecule has 0 saturated heterocycles. The standard InChI is InChI=1S/C15H26N2O2/c1-12-9-13(11-16-15(2,3)4)10-14(17-12)19-8-6-7-18-5/h9-10,16H,6-8,11H2,1-5H3. The first-order chi connectivity index (χ1) is 8.90. The van der Waals surface area contributed by atoms with E-state index in [9.17, 15) is 0 Å². The van der Waals surface area contributed by atoms with E-state index in [1.807, 2.05) is 13.0 Å². The van der Waals surface area contributed by atoms with Crippen LogP contribution in [-0.4, -0.2) is 30.8 Å². The zero-order chi connectivity index (χ0) is 14.3. The summed E-state index contributed by atoms with van der Waals surface area (Å²) in [5.41, 5.74) is 2.29. The molecule has 0 fully saturated rings. The van der Waals surface area contributed by atoms with Crippen molar-refractivity contribution in [2.24, 2.45) is 0 Å². The van der Waals surface area contributed by atoms with Crippen LogP contribution >= 0.6 is 0 Å². The smallest absolute Gasteiger partial charge is 0.213 e. The number of ether oxygens (including phenoxy) is 2. The molecule has 0 aliphatic carbocycles. The predicted molar refractivity (Wildman–Crippen MR) is 77.6 cm³/mol. The first-order valence-electron chi connectivity index (χ1n) is 6.75. The second-order valence-electron chi connectivity index (χ2n) is 5.75. The highest BCUT2D eigenvalue weighted by molar-refractivity contribution is 5.24. The topological polar surface area (TPSA) is 43.4 Å². The summed E-state index contributed by atoms with van der Waals surface area (Å²) in [7, 11) is 1.70. The minimum absolute atomic E-state index is 0.108. The van der Waals surface area contributed by atoms with Crippen LogP contribution in [0.4, 0.5) is 0 Å². The lowest BCUT2D eigenvalue weighted by molar-refractivity contribution is 0.170. The highest BCUT2D eigenvalue weighted by Gasteiger charge is 2.09. The monoisotopic (exact) mass is 266 g/mol. The van der Waals surface area contributed by atoms with Crippen molar-refractivity contribution in [1.82, 2.24) is 10.3 Å². The second kappa shape index (κ2) is 7.46. The number of hydrogen-bond acceptors (Lipinski definition) is 4. The van der Waals surface area contributed by atoms with Crippen molar-refractivity contribution in [3.63, 3.8) is 0 Å². The SMILES string of the molecule is COCCCOc1cc(CNC(C)(C)C)cc(C)n1. The van der Waals surface area contributed by atoms with Crippen molar-refractivity contribution >= 4 is 0 Å². The van der Waals surface area contributed by atoms with E-state index in [0.29, 0.717) is 19.1 Å². The van der Waals surface area contributed by atoms with Gasteiger partial charge >= 0.3 is 0 Å². The Morgan fingerprint density at radius 1 is 1.21 bits per heavy atom. The summed E-state index contributed by atoms with van der Waals surface area (Å²) in [6.07, 6.45) is 0.877. The first-order valence-corrected chi connectivity index (χ1v) is 6.75. The van der Waals surface area contributed by atoms with Crippen molar-refractivity contribution in [1.29, 1.82) is 0 Å². The maximum absolute atomic E-state index is 5.64. The fraction of sp³-hybridized carbons (Fsp3) is 0.667. The van der Waals surface area contributed by atoms with Crippen molar-refractivity contribution in [3.05, 3.63) is 23.4 Å². The number of hydrogen-bond donors (Lipinski definition) is 1. The number of nitrogens with one attached hydrogen (secondary N) is 1. The highest BCUT2D eigenvalue weighted by atomic mass is 16.5. The zero-order valence-corrected chi connectivity index (χ0v) is 12.7. The number of aryl methyl sites for hydroxylation is 1. The van der Waals surface area contributed by atoms with Gasteiger partial charge in [-0.05, 0) is 39.3 Å². The van der Waals surface area contributed by atoms with Crippen LogP contribution in [0.1, 0.15) is 38.4 Å². The lowest BCUT2D eigenvalue weighted by Crippen LogP contribution is -2.35. The molecule has 108 valence electrons. The van der Waals surface area contributed by atoms with Crippen LogP contribution in [0.25, 0.3) is 0 Å². The molecule has 1 aromatic heterocycles. The van der Waals surface area contributed by atoms with E-state index in [2.05, 4.69) is 37.1 Å². The summed E-state index contributed by atoms with van der Waals surface area (Å²) in [4.78, 5) is 4.39. The van der Waals surface area contributed by atoms with E-state index in [1.54, 1.807) is 7.11 Å². The van der Waals surface area contributed by atoms with Gasteiger partial charge in [0, 0.05) is 44.0 Å². The number of aromatic nitrogens is 1. The molecule has 0 aromatic carbocycles. The van der Waals surface area contributed by atoms with E-state index in [4.69, 9.17) is 9.47 Å². The van der Waals surface area contributed by atoms with Crippen LogP contribution in [-0.2, 0) is 11.3 Å². The van der Waals surface area contributed by atoms with Crippen LogP contribution in [0.5, 0.6) is 5.88 Å². The third-order valence-corrected chi connectivity index (χ3v) is 2.56. The molecule has 0 bridgehead atoms. The summed E-state index contributed by atoms with van der Waals surface area (Å²) < 4.78 is 10.6. The quantitative estimate of drug-likeness (QED) is 0.771. The van der Waals surface area contributed by atoms with Crippen LogP contribution in [0.15, 0.2) is 12.1 Å². The second-order valence-corrected chi connectivity index (χ2v) is 5.75. The number of pyridine rings is 1. The molecule has 1 N–H and O–H groups in total. The summed E-state index contributed by atoms with van der Waals surface area (Å²) in [5.74, 6) is 0.696. The molecule has 0 atom stereocenters. The van der Waals surface area contributed by atoms with Gasteiger partial charge in [0.05, 0.1) is 6.61 Å². The third kappa shape index (κ3) is 7.13. The van der Waals surface area contributed by atoms with Gasteiger partial charge in [0.2, 0.25) is 5.88 Å². The van der Waals surface area contributed by atoms with Gasteiger partial charge in [0.25, 0.3) is 0 Å². The predicted octanol–water partition coefficient (Wildman–Crippen LogP) is 2.69. The van der Waals surface area contributed by atoms with E-state index in [-0.39, 0.29) is 5.54 Å². The van der Waals surface area contributed by atoms with Crippen LogP contribution < -0.4 is 10.1 Å². The Bertz CT molecular complexity index is 386. The Balaban J connectivity index is 2.56. The van der Waals surface area contributed by atoms with Crippen LogP contribution in [0, 0.1) is 6.92 Å². The molecule has 0 unspecified atom stereocenters. The molecule has 0 saturated carbocycles. The highest BCUT2D eigenvalue weighted by Crippen LogP contribution is 2.13. The minimum atomic E-state index is 0.108. The molecular formula is C15H26N2O2. The van der Waals surface area contributed by atoms with Gasteiger partial charge in [0.15, 0.2) is 0 Å². The van der Waals surface area contributed by atoms with Gasteiger partial charge in [-0.15, -0.1) is 0 Å². The van der Waals surface area contributed by atoms with E-state index in [0.717, 1.165) is 18.7 Å². The van der Waals surface area contributed by atoms with Gasteiger partial charge in [-0.1, -0.05) is 0 Å². The zero-order valence-electron chi connectivity index (χ0n) is 12.7. The summed E-state index contributed by atoms with van der Waals surface area (Å²) in [6.45, 7) is 10.6. The average molecular weight is 266 g/mol. The molecule has 0 amide bonds. The van der Waals surface area contributed by atoms with E-state index >= 15 is 0 Å². The maximum Gasteiger partial charge on any atom is 0.213 e. The maximum atomic E-state index is 5.64. The lowest BCUT2D eigenvalue weighted by atomic mass is 10.1. The molecule has 4 heteroatoms. The average Bonchev–Trinajstić information content (AvgIpc) is 2.31. The van der Waals surface area contributed by atoms with Gasteiger partial charge in [-0.2, -0.15) is 0 Å². The van der Waals surface area contributed by atoms with Crippen molar-refractivity contribution in [3.8, 4) is 5.88 Å². The molecule has 19 heavy (non-hydrogen) atoms. The van der Waals surface area contributed by atoms with Gasteiger partial charge in [-0.3, -0.25) is 0 Å². The van der Waals surface area contributed by atoms with E-state index in [1.165, 1.54) is 5.56 Å². The number of rotatable bonds is 7. The van der Waals surface area contributed by atoms with Crippen molar-refractivity contribution < 1.29 is 9.47 Å². The van der Waals surface area contributed by atoms with Gasteiger partial charge < -0.3 is 14.8 Å². The summed E-state index contributed by atoms with van der Waals surface area (Å²) in [5, 5.41) is 3.47. The normalized spacial score (nSPS) is 11.6. The molecule has 0 radical (unpaired) electrons. The largest absolute Gasteiger partial charge is 0.478 e. The lowest BCUT2D eigenvalue weighted by Gasteiger charge is -2.20. The Labute approximate surface area is 116 Å². The Morgan fingerprint density at radius 3 is 2.58 bits per heavy atom. The molecule has 1 aromatic rings. The Morgan fingerprint density at radius 2 is 1.95 bits per heavy atom. The van der Waals surface area contributed by atoms with Crippen molar-refractivity contribution in [2.75, 3.05) is 20.3 Å². The number of nitrogens with zero attached hydrogens (tertiary/aromatic N) is 1. The Hall–Kier alpha value is -1.13. The summed E-state index contributed by atoms with van der Waals surface area (Å²) >= 11 is 0. The molecule has 0 aliphatic rings. The van der Waals surface area contributed by atoms with Gasteiger partial charge in [-0.25, -0.2) is 4.98 Å². The number of methoxy groups -OCH3 is 1. The molecule has 1 heterocycles. The molecule has 1 rings (SSSR count). The molecular weight excluding hydrogens is 240 g/mol. The van der Waals surface area contributed by atoms with E-state index < -0.39 is 0 Å².